The van der Waals surface area contributed by atoms with Crippen molar-refractivity contribution in [3.63, 3.8) is 0 Å². The van der Waals surface area contributed by atoms with Crippen molar-refractivity contribution in [3.05, 3.63) is 24.1 Å². The zero-order valence-electron chi connectivity index (χ0n) is 15.7. The summed E-state index contributed by atoms with van der Waals surface area (Å²) in [6.45, 7) is 2.30. The number of carbonyl (C=O) groups is 1. The van der Waals surface area contributed by atoms with Gasteiger partial charge in [-0.2, -0.15) is 9.65 Å². The molecule has 1 unspecified atom stereocenters. The van der Waals surface area contributed by atoms with Crippen LogP contribution < -0.4 is 4.90 Å². The lowest BCUT2D eigenvalue weighted by atomic mass is 9.78. The quantitative estimate of drug-likeness (QED) is 0.764. The molecule has 3 heterocycles. The molecular formula is C21H27FN4O. The second-order valence-electron chi connectivity index (χ2n) is 8.41. The molecule has 144 valence electrons. The summed E-state index contributed by atoms with van der Waals surface area (Å²) in [5, 5.41) is 8.89. The lowest BCUT2D eigenvalue weighted by Gasteiger charge is -2.41. The Morgan fingerprint density at radius 1 is 1.22 bits per heavy atom. The molecule has 5 nitrogen and oxygen atoms in total. The third kappa shape index (κ3) is 3.52. The van der Waals surface area contributed by atoms with E-state index in [1.54, 1.807) is 6.07 Å². The molecule has 3 fully saturated rings. The van der Waals surface area contributed by atoms with Gasteiger partial charge in [0.05, 0.1) is 11.5 Å². The number of likely N-dealkylation sites (tertiary alicyclic amines) is 1. The van der Waals surface area contributed by atoms with Crippen LogP contribution in [0.1, 0.15) is 51.4 Å². The number of hydrogen-bond acceptors (Lipinski definition) is 4. The topological polar surface area (TPSA) is 60.2 Å². The maximum Gasteiger partial charge on any atom is 0.230 e. The second-order valence-corrected chi connectivity index (χ2v) is 8.41. The van der Waals surface area contributed by atoms with Gasteiger partial charge in [-0.05, 0) is 63.0 Å². The first kappa shape index (κ1) is 18.2. The molecule has 1 spiro atoms. The van der Waals surface area contributed by atoms with E-state index in [1.165, 1.54) is 6.07 Å². The van der Waals surface area contributed by atoms with Crippen LogP contribution in [0.5, 0.6) is 0 Å². The summed E-state index contributed by atoms with van der Waals surface area (Å²) < 4.78 is 13.5. The first-order chi connectivity index (χ1) is 13.1. The standard InChI is InChI=1S/C21H27FN4O/c22-18-3-1-4-19(24-18)25-13-2-10-21(15-25)11-14-26(20(21)27)17-7-5-16(6-8-17)9-12-23/h1,3-4,16-17H,2,5-11,13-15H2/t16-,17-,21?. The molecule has 2 aliphatic heterocycles. The first-order valence-corrected chi connectivity index (χ1v) is 10.2. The Kier molecular flexibility index (Phi) is 5.03. The molecule has 1 aromatic rings. The SMILES string of the molecule is N#CC[C@H]1CC[C@H](N2CCC3(CCCN(c4cccc(F)n4)C3)C2=O)CC1. The fourth-order valence-corrected chi connectivity index (χ4v) is 5.27. The van der Waals surface area contributed by atoms with Gasteiger partial charge in [-0.25, -0.2) is 4.98 Å². The van der Waals surface area contributed by atoms with Crippen LogP contribution in [0.25, 0.3) is 0 Å². The minimum absolute atomic E-state index is 0.285. The van der Waals surface area contributed by atoms with Gasteiger partial charge < -0.3 is 9.80 Å². The van der Waals surface area contributed by atoms with Crippen molar-refractivity contribution >= 4 is 11.7 Å². The number of pyridine rings is 1. The molecule has 1 atom stereocenters. The summed E-state index contributed by atoms with van der Waals surface area (Å²) >= 11 is 0. The monoisotopic (exact) mass is 370 g/mol. The lowest BCUT2D eigenvalue weighted by Crippen LogP contribution is -2.50. The average molecular weight is 370 g/mol. The van der Waals surface area contributed by atoms with Gasteiger partial charge in [0.1, 0.15) is 5.82 Å². The van der Waals surface area contributed by atoms with E-state index in [-0.39, 0.29) is 11.3 Å². The third-order valence-electron chi connectivity index (χ3n) is 6.78. The fraction of sp³-hybridized carbons (Fsp3) is 0.667. The highest BCUT2D eigenvalue weighted by atomic mass is 19.1. The predicted molar refractivity (Wildman–Crippen MR) is 100 cm³/mol. The van der Waals surface area contributed by atoms with Gasteiger partial charge >= 0.3 is 0 Å². The first-order valence-electron chi connectivity index (χ1n) is 10.2. The Bertz CT molecular complexity index is 740. The smallest absolute Gasteiger partial charge is 0.230 e. The van der Waals surface area contributed by atoms with Crippen molar-refractivity contribution < 1.29 is 9.18 Å². The van der Waals surface area contributed by atoms with Gasteiger partial charge in [0.2, 0.25) is 11.9 Å². The van der Waals surface area contributed by atoms with Gasteiger partial charge in [0.15, 0.2) is 0 Å². The van der Waals surface area contributed by atoms with Crippen LogP contribution in [0.3, 0.4) is 0 Å². The average Bonchev–Trinajstić information content (AvgIpc) is 2.99. The summed E-state index contributed by atoms with van der Waals surface area (Å²) in [4.78, 5) is 21.6. The number of aromatic nitrogens is 1. The van der Waals surface area contributed by atoms with Crippen molar-refractivity contribution in [2.24, 2.45) is 11.3 Å². The summed E-state index contributed by atoms with van der Waals surface area (Å²) in [5.74, 6) is 0.951. The normalized spacial score (nSPS) is 31.3. The molecule has 1 aromatic heterocycles. The fourth-order valence-electron chi connectivity index (χ4n) is 5.27. The molecule has 0 N–H and O–H groups in total. The molecule has 2 saturated heterocycles. The number of hydrogen-bond donors (Lipinski definition) is 0. The minimum atomic E-state index is -0.472. The molecule has 1 saturated carbocycles. The maximum absolute atomic E-state index is 13.5. The molecule has 27 heavy (non-hydrogen) atoms. The highest BCUT2D eigenvalue weighted by Crippen LogP contribution is 2.43. The third-order valence-corrected chi connectivity index (χ3v) is 6.78. The highest BCUT2D eigenvalue weighted by Gasteiger charge is 2.50. The number of amides is 1. The van der Waals surface area contributed by atoms with Crippen LogP contribution in [-0.2, 0) is 4.79 Å². The second kappa shape index (κ2) is 7.46. The van der Waals surface area contributed by atoms with Crippen LogP contribution >= 0.6 is 0 Å². The number of anilines is 1. The van der Waals surface area contributed by atoms with E-state index >= 15 is 0 Å². The van der Waals surface area contributed by atoms with Crippen LogP contribution in [0.15, 0.2) is 18.2 Å². The van der Waals surface area contributed by atoms with E-state index in [4.69, 9.17) is 5.26 Å². The summed E-state index contributed by atoms with van der Waals surface area (Å²) in [5.41, 5.74) is -0.338. The molecule has 1 aliphatic carbocycles. The van der Waals surface area contributed by atoms with E-state index in [9.17, 15) is 9.18 Å². The molecule has 4 rings (SSSR count). The minimum Gasteiger partial charge on any atom is -0.355 e. The predicted octanol–water partition coefficient (Wildman–Crippen LogP) is 3.51. The van der Waals surface area contributed by atoms with E-state index in [2.05, 4.69) is 20.9 Å². The highest BCUT2D eigenvalue weighted by molar-refractivity contribution is 5.86. The molecule has 3 aliphatic rings. The molecule has 6 heteroatoms. The molecule has 0 radical (unpaired) electrons. The van der Waals surface area contributed by atoms with Crippen molar-refractivity contribution in [1.82, 2.24) is 9.88 Å². The number of piperidine rings is 1. The Morgan fingerprint density at radius 2 is 2.04 bits per heavy atom. The zero-order valence-corrected chi connectivity index (χ0v) is 15.7. The van der Waals surface area contributed by atoms with Crippen molar-refractivity contribution in [2.45, 2.75) is 57.4 Å². The van der Waals surface area contributed by atoms with Crippen LogP contribution in [0.4, 0.5) is 10.2 Å². The van der Waals surface area contributed by atoms with Gasteiger partial charge in [-0.15, -0.1) is 0 Å². The van der Waals surface area contributed by atoms with Crippen molar-refractivity contribution in [2.75, 3.05) is 24.5 Å². The lowest BCUT2D eigenvalue weighted by molar-refractivity contribution is -0.139. The van der Waals surface area contributed by atoms with E-state index in [1.807, 2.05) is 6.07 Å². The van der Waals surface area contributed by atoms with E-state index in [0.29, 0.717) is 30.7 Å². The Labute approximate surface area is 160 Å². The molecule has 0 bridgehead atoms. The van der Waals surface area contributed by atoms with Gasteiger partial charge in [0.25, 0.3) is 0 Å². The summed E-state index contributed by atoms with van der Waals surface area (Å²) in [7, 11) is 0. The summed E-state index contributed by atoms with van der Waals surface area (Å²) in [6.07, 6.45) is 7.51. The largest absolute Gasteiger partial charge is 0.355 e. The van der Waals surface area contributed by atoms with Gasteiger partial charge in [0, 0.05) is 32.1 Å². The molecule has 0 aromatic carbocycles. The zero-order chi connectivity index (χ0) is 18.9. The van der Waals surface area contributed by atoms with Crippen LogP contribution in [0.2, 0.25) is 0 Å². The van der Waals surface area contributed by atoms with Gasteiger partial charge in [-0.1, -0.05) is 6.07 Å². The number of nitriles is 1. The summed E-state index contributed by atoms with van der Waals surface area (Å²) in [6, 6.07) is 7.48. The Hall–Kier alpha value is -2.16. The Balaban J connectivity index is 1.44. The number of carbonyl (C=O) groups excluding carboxylic acids is 1. The number of nitrogens with zero attached hydrogens (tertiary/aromatic N) is 4. The van der Waals surface area contributed by atoms with Crippen LogP contribution in [-0.4, -0.2) is 41.5 Å². The molecular weight excluding hydrogens is 343 g/mol. The Morgan fingerprint density at radius 3 is 2.78 bits per heavy atom. The van der Waals surface area contributed by atoms with Gasteiger partial charge in [-0.3, -0.25) is 4.79 Å². The van der Waals surface area contributed by atoms with Crippen LogP contribution in [0, 0.1) is 28.6 Å². The van der Waals surface area contributed by atoms with E-state index < -0.39 is 5.95 Å². The van der Waals surface area contributed by atoms with E-state index in [0.717, 1.165) is 58.0 Å². The number of halogens is 1. The maximum atomic E-state index is 13.5. The molecule has 1 amide bonds. The van der Waals surface area contributed by atoms with Crippen molar-refractivity contribution in [1.29, 1.82) is 5.26 Å². The van der Waals surface area contributed by atoms with Crippen molar-refractivity contribution in [3.8, 4) is 6.07 Å². The number of rotatable bonds is 3.